The molecule has 0 spiro atoms. The second-order valence-corrected chi connectivity index (χ2v) is 5.02. The Labute approximate surface area is 120 Å². The molecule has 0 atom stereocenters. The Balaban J connectivity index is 2.06. The van der Waals surface area contributed by atoms with Crippen LogP contribution in [0.4, 0.5) is 0 Å². The molecule has 0 aliphatic heterocycles. The first-order valence-corrected chi connectivity index (χ1v) is 6.92. The maximum atomic E-state index is 5.66. The number of rotatable bonds is 6. The fraction of sp³-hybridized carbons (Fsp3) is 0.438. The summed E-state index contributed by atoms with van der Waals surface area (Å²) in [5.41, 5.74) is 3.33. The quantitative estimate of drug-likeness (QED) is 0.810. The SMILES string of the molecule is CCOc1ccccc1CN(C)Cc1c(C)noc1C. The summed E-state index contributed by atoms with van der Waals surface area (Å²) in [5, 5.41) is 4.00. The van der Waals surface area contributed by atoms with Crippen molar-refractivity contribution in [1.82, 2.24) is 10.1 Å². The van der Waals surface area contributed by atoms with Crippen LogP contribution in [0, 0.1) is 13.8 Å². The summed E-state index contributed by atoms with van der Waals surface area (Å²) < 4.78 is 10.9. The highest BCUT2D eigenvalue weighted by Gasteiger charge is 2.13. The van der Waals surface area contributed by atoms with E-state index in [2.05, 4.69) is 23.2 Å². The van der Waals surface area contributed by atoms with Gasteiger partial charge in [-0.15, -0.1) is 0 Å². The molecule has 0 aliphatic rings. The molecule has 0 amide bonds. The molecule has 1 aromatic heterocycles. The Hall–Kier alpha value is -1.81. The molecule has 0 aliphatic carbocycles. The molecule has 20 heavy (non-hydrogen) atoms. The van der Waals surface area contributed by atoms with Gasteiger partial charge in [0.05, 0.1) is 12.3 Å². The van der Waals surface area contributed by atoms with E-state index in [0.29, 0.717) is 6.61 Å². The first-order valence-electron chi connectivity index (χ1n) is 6.92. The second-order valence-electron chi connectivity index (χ2n) is 5.02. The molecule has 0 unspecified atom stereocenters. The van der Waals surface area contributed by atoms with Gasteiger partial charge in [-0.05, 0) is 33.9 Å². The monoisotopic (exact) mass is 274 g/mol. The molecular weight excluding hydrogens is 252 g/mol. The van der Waals surface area contributed by atoms with Crippen LogP contribution in [0.5, 0.6) is 5.75 Å². The van der Waals surface area contributed by atoms with Crippen molar-refractivity contribution in [3.8, 4) is 5.75 Å². The van der Waals surface area contributed by atoms with Crippen molar-refractivity contribution >= 4 is 0 Å². The molecule has 1 heterocycles. The number of para-hydroxylation sites is 1. The van der Waals surface area contributed by atoms with Gasteiger partial charge in [0.25, 0.3) is 0 Å². The average Bonchev–Trinajstić information content (AvgIpc) is 2.73. The summed E-state index contributed by atoms with van der Waals surface area (Å²) in [4.78, 5) is 2.24. The van der Waals surface area contributed by atoms with Crippen LogP contribution in [0.1, 0.15) is 29.5 Å². The lowest BCUT2D eigenvalue weighted by Crippen LogP contribution is -2.18. The van der Waals surface area contributed by atoms with Crippen LogP contribution in [-0.2, 0) is 13.1 Å². The van der Waals surface area contributed by atoms with E-state index in [4.69, 9.17) is 9.26 Å². The number of benzene rings is 1. The minimum atomic E-state index is 0.685. The Bertz CT molecular complexity index is 544. The summed E-state index contributed by atoms with van der Waals surface area (Å²) >= 11 is 0. The van der Waals surface area contributed by atoms with Gasteiger partial charge in [0, 0.05) is 24.2 Å². The Morgan fingerprint density at radius 3 is 2.60 bits per heavy atom. The summed E-state index contributed by atoms with van der Waals surface area (Å²) in [6.45, 7) is 8.28. The summed E-state index contributed by atoms with van der Waals surface area (Å²) in [5.74, 6) is 1.85. The molecule has 1 aromatic carbocycles. The van der Waals surface area contributed by atoms with E-state index in [1.54, 1.807) is 0 Å². The number of nitrogens with zero attached hydrogens (tertiary/aromatic N) is 2. The van der Waals surface area contributed by atoms with Crippen molar-refractivity contribution in [2.24, 2.45) is 0 Å². The van der Waals surface area contributed by atoms with Gasteiger partial charge in [-0.1, -0.05) is 23.4 Å². The van der Waals surface area contributed by atoms with Gasteiger partial charge in [0.2, 0.25) is 0 Å². The Morgan fingerprint density at radius 2 is 1.95 bits per heavy atom. The third kappa shape index (κ3) is 3.39. The molecule has 0 bridgehead atoms. The van der Waals surface area contributed by atoms with E-state index in [0.717, 1.165) is 30.3 Å². The lowest BCUT2D eigenvalue weighted by molar-refractivity contribution is 0.295. The van der Waals surface area contributed by atoms with E-state index in [1.165, 1.54) is 11.1 Å². The minimum Gasteiger partial charge on any atom is -0.494 e. The van der Waals surface area contributed by atoms with Gasteiger partial charge in [0.15, 0.2) is 0 Å². The molecular formula is C16H22N2O2. The van der Waals surface area contributed by atoms with Crippen molar-refractivity contribution in [2.45, 2.75) is 33.9 Å². The number of aromatic nitrogens is 1. The van der Waals surface area contributed by atoms with Gasteiger partial charge >= 0.3 is 0 Å². The van der Waals surface area contributed by atoms with E-state index in [1.807, 2.05) is 39.0 Å². The van der Waals surface area contributed by atoms with Crippen LogP contribution in [0.2, 0.25) is 0 Å². The third-order valence-electron chi connectivity index (χ3n) is 3.32. The predicted molar refractivity (Wildman–Crippen MR) is 78.8 cm³/mol. The van der Waals surface area contributed by atoms with Gasteiger partial charge < -0.3 is 9.26 Å². The van der Waals surface area contributed by atoms with Crippen LogP contribution in [0.3, 0.4) is 0 Å². The fourth-order valence-corrected chi connectivity index (χ4v) is 2.28. The summed E-state index contributed by atoms with van der Waals surface area (Å²) in [6.07, 6.45) is 0. The normalized spacial score (nSPS) is 11.1. The van der Waals surface area contributed by atoms with E-state index < -0.39 is 0 Å². The molecule has 0 radical (unpaired) electrons. The standard InChI is InChI=1S/C16H22N2O2/c1-5-19-16-9-7-6-8-14(16)10-18(4)11-15-12(2)17-20-13(15)3/h6-9H,5,10-11H2,1-4H3. The third-order valence-corrected chi connectivity index (χ3v) is 3.32. The first-order chi connectivity index (χ1) is 9.61. The highest BCUT2D eigenvalue weighted by atomic mass is 16.5. The molecule has 4 nitrogen and oxygen atoms in total. The Morgan fingerprint density at radius 1 is 1.20 bits per heavy atom. The van der Waals surface area contributed by atoms with Crippen LogP contribution >= 0.6 is 0 Å². The maximum Gasteiger partial charge on any atom is 0.138 e. The van der Waals surface area contributed by atoms with Crippen molar-refractivity contribution in [3.63, 3.8) is 0 Å². The van der Waals surface area contributed by atoms with E-state index in [9.17, 15) is 0 Å². The lowest BCUT2D eigenvalue weighted by atomic mass is 10.1. The molecule has 4 heteroatoms. The highest BCUT2D eigenvalue weighted by Crippen LogP contribution is 2.21. The van der Waals surface area contributed by atoms with Gasteiger partial charge in [-0.25, -0.2) is 0 Å². The zero-order chi connectivity index (χ0) is 14.5. The molecule has 0 saturated heterocycles. The lowest BCUT2D eigenvalue weighted by Gasteiger charge is -2.18. The number of hydrogen-bond acceptors (Lipinski definition) is 4. The number of hydrogen-bond donors (Lipinski definition) is 0. The van der Waals surface area contributed by atoms with E-state index >= 15 is 0 Å². The number of ether oxygens (including phenoxy) is 1. The molecule has 0 N–H and O–H groups in total. The van der Waals surface area contributed by atoms with Crippen LogP contribution < -0.4 is 4.74 Å². The zero-order valence-electron chi connectivity index (χ0n) is 12.6. The Kier molecular flexibility index (Phi) is 4.79. The van der Waals surface area contributed by atoms with Crippen molar-refractivity contribution in [2.75, 3.05) is 13.7 Å². The molecule has 0 fully saturated rings. The summed E-state index contributed by atoms with van der Waals surface area (Å²) in [7, 11) is 2.09. The largest absolute Gasteiger partial charge is 0.494 e. The minimum absolute atomic E-state index is 0.685. The topological polar surface area (TPSA) is 38.5 Å². The van der Waals surface area contributed by atoms with Crippen LogP contribution in [-0.4, -0.2) is 23.7 Å². The van der Waals surface area contributed by atoms with Gasteiger partial charge in [-0.3, -0.25) is 4.90 Å². The van der Waals surface area contributed by atoms with Crippen molar-refractivity contribution < 1.29 is 9.26 Å². The molecule has 108 valence electrons. The van der Waals surface area contributed by atoms with E-state index in [-0.39, 0.29) is 0 Å². The zero-order valence-corrected chi connectivity index (χ0v) is 12.6. The van der Waals surface area contributed by atoms with Gasteiger partial charge in [0.1, 0.15) is 11.5 Å². The number of aryl methyl sites for hydroxylation is 2. The first kappa shape index (κ1) is 14.6. The van der Waals surface area contributed by atoms with Crippen LogP contribution in [0.25, 0.3) is 0 Å². The van der Waals surface area contributed by atoms with Gasteiger partial charge in [-0.2, -0.15) is 0 Å². The molecule has 2 aromatic rings. The molecule has 0 saturated carbocycles. The van der Waals surface area contributed by atoms with Crippen molar-refractivity contribution in [3.05, 3.63) is 46.8 Å². The average molecular weight is 274 g/mol. The summed E-state index contributed by atoms with van der Waals surface area (Å²) in [6, 6.07) is 8.17. The predicted octanol–water partition coefficient (Wildman–Crippen LogP) is 3.32. The molecule has 2 rings (SSSR count). The smallest absolute Gasteiger partial charge is 0.138 e. The maximum absolute atomic E-state index is 5.66. The van der Waals surface area contributed by atoms with Crippen molar-refractivity contribution in [1.29, 1.82) is 0 Å². The fourth-order valence-electron chi connectivity index (χ4n) is 2.28. The second kappa shape index (κ2) is 6.57. The highest BCUT2D eigenvalue weighted by molar-refractivity contribution is 5.33. The van der Waals surface area contributed by atoms with Crippen LogP contribution in [0.15, 0.2) is 28.8 Å².